The van der Waals surface area contributed by atoms with Gasteiger partial charge >= 0.3 is 0 Å². The third-order valence-corrected chi connectivity index (χ3v) is 5.93. The number of thioether (sulfide) groups is 1. The second-order valence-electron chi connectivity index (χ2n) is 5.49. The summed E-state index contributed by atoms with van der Waals surface area (Å²) in [6.07, 6.45) is 0. The van der Waals surface area contributed by atoms with Crippen molar-refractivity contribution < 1.29 is 0 Å². The van der Waals surface area contributed by atoms with E-state index in [1.54, 1.807) is 18.2 Å². The molecule has 0 radical (unpaired) electrons. The highest BCUT2D eigenvalue weighted by Crippen LogP contribution is 2.30. The molecule has 4 rings (SSSR count). The SMILES string of the molecule is Cc1nn2c(=O)cc(CSc3nnc(-c4ccc(Cl)cc4Cl)n3N)nc2s1. The van der Waals surface area contributed by atoms with Crippen LogP contribution in [-0.2, 0) is 5.75 Å². The van der Waals surface area contributed by atoms with Crippen molar-refractivity contribution in [3.8, 4) is 11.4 Å². The van der Waals surface area contributed by atoms with Crippen LogP contribution < -0.4 is 11.4 Å². The van der Waals surface area contributed by atoms with E-state index in [0.717, 1.165) is 5.01 Å². The molecule has 8 nitrogen and oxygen atoms in total. The number of aryl methyl sites for hydroxylation is 1. The molecule has 0 aliphatic heterocycles. The molecule has 0 spiro atoms. The van der Waals surface area contributed by atoms with E-state index in [9.17, 15) is 4.79 Å². The van der Waals surface area contributed by atoms with Crippen LogP contribution in [-0.4, -0.2) is 29.5 Å². The number of nitrogen functional groups attached to an aromatic ring is 1. The van der Waals surface area contributed by atoms with Gasteiger partial charge in [-0.15, -0.1) is 10.2 Å². The van der Waals surface area contributed by atoms with Crippen LogP contribution in [0.2, 0.25) is 10.0 Å². The van der Waals surface area contributed by atoms with Gasteiger partial charge in [0.15, 0.2) is 5.82 Å². The van der Waals surface area contributed by atoms with Crippen LogP contribution in [0.3, 0.4) is 0 Å². The lowest BCUT2D eigenvalue weighted by molar-refractivity contribution is 0.847. The lowest BCUT2D eigenvalue weighted by atomic mass is 10.2. The van der Waals surface area contributed by atoms with Gasteiger partial charge in [-0.3, -0.25) is 4.79 Å². The van der Waals surface area contributed by atoms with E-state index in [4.69, 9.17) is 29.0 Å². The third-order valence-electron chi connectivity index (χ3n) is 3.58. The summed E-state index contributed by atoms with van der Waals surface area (Å²) in [4.78, 5) is 17.1. The Kier molecular flexibility index (Phi) is 4.81. The molecule has 0 aliphatic carbocycles. The molecule has 0 amide bonds. The zero-order valence-electron chi connectivity index (χ0n) is 13.8. The fourth-order valence-electron chi connectivity index (χ4n) is 2.39. The topological polar surface area (TPSA) is 104 Å². The van der Waals surface area contributed by atoms with Crippen LogP contribution in [0.4, 0.5) is 0 Å². The van der Waals surface area contributed by atoms with Crippen molar-refractivity contribution in [3.05, 3.63) is 55.4 Å². The molecular weight excluding hydrogens is 429 g/mol. The summed E-state index contributed by atoms with van der Waals surface area (Å²) < 4.78 is 2.64. The van der Waals surface area contributed by atoms with Gasteiger partial charge in [0, 0.05) is 22.4 Å². The zero-order chi connectivity index (χ0) is 19.1. The molecule has 0 atom stereocenters. The Bertz CT molecular complexity index is 1220. The Hall–Kier alpha value is -2.14. The summed E-state index contributed by atoms with van der Waals surface area (Å²) in [5, 5.41) is 14.5. The predicted molar refractivity (Wildman–Crippen MR) is 107 cm³/mol. The normalized spacial score (nSPS) is 11.4. The number of aromatic nitrogens is 6. The van der Waals surface area contributed by atoms with E-state index < -0.39 is 0 Å². The van der Waals surface area contributed by atoms with Crippen molar-refractivity contribution in [1.82, 2.24) is 29.5 Å². The van der Waals surface area contributed by atoms with Gasteiger partial charge in [0.1, 0.15) is 5.01 Å². The largest absolute Gasteiger partial charge is 0.335 e. The molecule has 0 unspecified atom stereocenters. The summed E-state index contributed by atoms with van der Waals surface area (Å²) in [5.74, 6) is 6.94. The van der Waals surface area contributed by atoms with E-state index in [0.29, 0.717) is 43.0 Å². The quantitative estimate of drug-likeness (QED) is 0.384. The molecule has 138 valence electrons. The minimum Gasteiger partial charge on any atom is -0.335 e. The van der Waals surface area contributed by atoms with Gasteiger partial charge in [0.05, 0.1) is 10.7 Å². The lowest BCUT2D eigenvalue weighted by Crippen LogP contribution is -2.15. The van der Waals surface area contributed by atoms with E-state index in [2.05, 4.69) is 20.3 Å². The Morgan fingerprint density at radius 1 is 1.26 bits per heavy atom. The smallest absolute Gasteiger partial charge is 0.275 e. The first-order valence-electron chi connectivity index (χ1n) is 7.57. The molecular formula is C15H11Cl2N7OS2. The first-order valence-corrected chi connectivity index (χ1v) is 10.1. The van der Waals surface area contributed by atoms with Crippen LogP contribution in [0, 0.1) is 6.92 Å². The molecule has 0 fully saturated rings. The number of nitrogens with zero attached hydrogens (tertiary/aromatic N) is 6. The summed E-state index contributed by atoms with van der Waals surface area (Å²) >= 11 is 14.8. The number of benzene rings is 1. The van der Waals surface area contributed by atoms with Gasteiger partial charge in [-0.1, -0.05) is 46.3 Å². The first kappa shape index (κ1) is 18.2. The second kappa shape index (κ2) is 7.12. The summed E-state index contributed by atoms with van der Waals surface area (Å²) in [6, 6.07) is 6.50. The van der Waals surface area contributed by atoms with Crippen LogP contribution >= 0.6 is 46.3 Å². The van der Waals surface area contributed by atoms with Crippen molar-refractivity contribution >= 4 is 51.3 Å². The molecule has 2 N–H and O–H groups in total. The van der Waals surface area contributed by atoms with Gasteiger partial charge in [-0.25, -0.2) is 9.66 Å². The predicted octanol–water partition coefficient (Wildman–Crippen LogP) is 3.03. The molecule has 0 saturated carbocycles. The van der Waals surface area contributed by atoms with Crippen LogP contribution in [0.25, 0.3) is 16.3 Å². The third kappa shape index (κ3) is 3.53. The average molecular weight is 440 g/mol. The van der Waals surface area contributed by atoms with Gasteiger partial charge in [-0.05, 0) is 25.1 Å². The second-order valence-corrected chi connectivity index (χ2v) is 8.44. The fraction of sp³-hybridized carbons (Fsp3) is 0.133. The molecule has 12 heteroatoms. The van der Waals surface area contributed by atoms with Crippen molar-refractivity contribution in [2.75, 3.05) is 5.84 Å². The highest BCUT2D eigenvalue weighted by Gasteiger charge is 2.16. The Balaban J connectivity index is 1.59. The van der Waals surface area contributed by atoms with E-state index in [-0.39, 0.29) is 5.56 Å². The highest BCUT2D eigenvalue weighted by molar-refractivity contribution is 7.98. The minimum atomic E-state index is -0.220. The molecule has 27 heavy (non-hydrogen) atoms. The van der Waals surface area contributed by atoms with E-state index in [1.165, 1.54) is 38.4 Å². The summed E-state index contributed by atoms with van der Waals surface area (Å²) in [6.45, 7) is 1.83. The Morgan fingerprint density at radius 2 is 2.07 bits per heavy atom. The Morgan fingerprint density at radius 3 is 2.85 bits per heavy atom. The number of nitrogens with two attached hydrogens (primary N) is 1. The maximum Gasteiger partial charge on any atom is 0.275 e. The standard InChI is InChI=1S/C15H11Cl2N7OS2/c1-7-22-24-12(25)5-9(19-14(24)27-7)6-26-15-21-20-13(23(15)18)10-3-2-8(16)4-11(10)17/h2-5H,6,18H2,1H3. The molecule has 0 aliphatic rings. The zero-order valence-corrected chi connectivity index (χ0v) is 16.9. The molecule has 0 saturated heterocycles. The Labute approximate surface area is 170 Å². The van der Waals surface area contributed by atoms with Crippen molar-refractivity contribution in [2.24, 2.45) is 0 Å². The maximum atomic E-state index is 12.1. The highest BCUT2D eigenvalue weighted by atomic mass is 35.5. The van der Waals surface area contributed by atoms with Crippen molar-refractivity contribution in [3.63, 3.8) is 0 Å². The van der Waals surface area contributed by atoms with Crippen LogP contribution in [0.1, 0.15) is 10.7 Å². The van der Waals surface area contributed by atoms with Crippen molar-refractivity contribution in [1.29, 1.82) is 0 Å². The molecule has 0 bridgehead atoms. The lowest BCUT2D eigenvalue weighted by Gasteiger charge is -2.05. The van der Waals surface area contributed by atoms with Crippen LogP contribution in [0.5, 0.6) is 0 Å². The van der Waals surface area contributed by atoms with E-state index >= 15 is 0 Å². The fourth-order valence-corrected chi connectivity index (χ4v) is 4.40. The monoisotopic (exact) mass is 439 g/mol. The van der Waals surface area contributed by atoms with E-state index in [1.807, 2.05) is 6.92 Å². The minimum absolute atomic E-state index is 0.220. The number of fused-ring (bicyclic) bond motifs is 1. The maximum absolute atomic E-state index is 12.1. The number of rotatable bonds is 4. The van der Waals surface area contributed by atoms with Gasteiger partial charge in [0.2, 0.25) is 10.1 Å². The van der Waals surface area contributed by atoms with Gasteiger partial charge in [0.25, 0.3) is 5.56 Å². The number of hydrogen-bond acceptors (Lipinski definition) is 8. The molecule has 3 aromatic heterocycles. The number of hydrogen-bond donors (Lipinski definition) is 1. The molecule has 4 aromatic rings. The summed E-state index contributed by atoms with van der Waals surface area (Å²) in [5.41, 5.74) is 1.02. The summed E-state index contributed by atoms with van der Waals surface area (Å²) in [7, 11) is 0. The average Bonchev–Trinajstić information content (AvgIpc) is 3.16. The number of halogens is 2. The molecule has 3 heterocycles. The van der Waals surface area contributed by atoms with Crippen molar-refractivity contribution in [2.45, 2.75) is 17.8 Å². The van der Waals surface area contributed by atoms with Gasteiger partial charge in [-0.2, -0.15) is 9.61 Å². The first-order chi connectivity index (χ1) is 12.9. The molecule has 1 aromatic carbocycles. The van der Waals surface area contributed by atoms with Gasteiger partial charge < -0.3 is 5.84 Å². The van der Waals surface area contributed by atoms with Crippen LogP contribution in [0.15, 0.2) is 34.2 Å².